The fourth-order valence-electron chi connectivity index (χ4n) is 4.13. The molecule has 2 aromatic carbocycles. The zero-order valence-electron chi connectivity index (χ0n) is 19.9. The molecule has 2 atom stereocenters. The summed E-state index contributed by atoms with van der Waals surface area (Å²) in [6.07, 6.45) is -0.324. The maximum absolute atomic E-state index is 13.0. The molecular formula is C23H25B2N3O9. The van der Waals surface area contributed by atoms with E-state index in [0.29, 0.717) is 10.9 Å². The number of aliphatic carboxylic acids is 1. The van der Waals surface area contributed by atoms with E-state index < -0.39 is 50.0 Å². The molecule has 2 aliphatic heterocycles. The minimum Gasteiger partial charge on any atom is -0.481 e. The van der Waals surface area contributed by atoms with Gasteiger partial charge in [0.2, 0.25) is 5.91 Å². The lowest BCUT2D eigenvalue weighted by Crippen LogP contribution is -2.57. The van der Waals surface area contributed by atoms with Crippen molar-refractivity contribution in [2.75, 3.05) is 6.54 Å². The summed E-state index contributed by atoms with van der Waals surface area (Å²) in [6.45, 7) is 1.78. The summed E-state index contributed by atoms with van der Waals surface area (Å²) >= 11 is 0. The number of benzene rings is 2. The van der Waals surface area contributed by atoms with Gasteiger partial charge in [0.25, 0.3) is 11.8 Å². The highest BCUT2D eigenvalue weighted by Crippen LogP contribution is 2.13. The first kappa shape index (κ1) is 26.4. The number of carbonyl (C=O) groups excluding carboxylic acids is 3. The van der Waals surface area contributed by atoms with Crippen LogP contribution in [0.15, 0.2) is 36.4 Å². The normalized spacial score (nSPS) is 15.4. The molecular weight excluding hydrogens is 484 g/mol. The molecule has 0 unspecified atom stereocenters. The van der Waals surface area contributed by atoms with Crippen LogP contribution >= 0.6 is 0 Å². The van der Waals surface area contributed by atoms with E-state index in [2.05, 4.69) is 16.0 Å². The van der Waals surface area contributed by atoms with E-state index in [4.69, 9.17) is 14.4 Å². The summed E-state index contributed by atoms with van der Waals surface area (Å²) in [6, 6.07) is 7.16. The standard InChI is InChI=1S/C23H25B2N3O9/c1-12(27-21(31)13-2-4-15-10-36-24(34)17(15)8-13)20(23(33)26-7-6-19(29)30)28-22(32)14-3-5-16-11-37-25(35)18(16)9-14/h2-5,8-9,12,20,34-35H,6-7,10-11H2,1H3,(H,26,33)(H,27,31)(H,28,32)(H,29,30)/t12-,20-/m0/s1. The molecule has 2 aliphatic rings. The molecule has 2 heterocycles. The molecule has 14 heteroatoms. The summed E-state index contributed by atoms with van der Waals surface area (Å²) in [4.78, 5) is 49.7. The van der Waals surface area contributed by atoms with E-state index >= 15 is 0 Å². The predicted octanol–water partition coefficient (Wildman–Crippen LogP) is -2.37. The quantitative estimate of drug-likeness (QED) is 0.201. The monoisotopic (exact) mass is 509 g/mol. The zero-order chi connectivity index (χ0) is 26.7. The van der Waals surface area contributed by atoms with Gasteiger partial charge >= 0.3 is 20.2 Å². The third-order valence-corrected chi connectivity index (χ3v) is 6.21. The van der Waals surface area contributed by atoms with Gasteiger partial charge in [-0.1, -0.05) is 12.1 Å². The average molecular weight is 509 g/mol. The fraction of sp³-hybridized carbons (Fsp3) is 0.304. The van der Waals surface area contributed by atoms with Gasteiger partial charge in [0.05, 0.1) is 25.7 Å². The van der Waals surface area contributed by atoms with E-state index in [-0.39, 0.29) is 37.3 Å². The molecule has 192 valence electrons. The van der Waals surface area contributed by atoms with E-state index in [1.807, 2.05) is 0 Å². The van der Waals surface area contributed by atoms with Crippen LogP contribution < -0.4 is 26.9 Å². The second kappa shape index (κ2) is 11.1. The molecule has 12 nitrogen and oxygen atoms in total. The van der Waals surface area contributed by atoms with Crippen molar-refractivity contribution in [3.63, 3.8) is 0 Å². The summed E-state index contributed by atoms with van der Waals surface area (Å²) in [5, 5.41) is 36.4. The Morgan fingerprint density at radius 2 is 1.41 bits per heavy atom. The molecule has 37 heavy (non-hydrogen) atoms. The van der Waals surface area contributed by atoms with E-state index in [9.17, 15) is 29.2 Å². The van der Waals surface area contributed by atoms with Crippen LogP contribution in [0.1, 0.15) is 45.2 Å². The highest BCUT2D eigenvalue weighted by Gasteiger charge is 2.32. The Labute approximate surface area is 212 Å². The molecule has 6 N–H and O–H groups in total. The molecule has 0 aliphatic carbocycles. The Morgan fingerprint density at radius 1 is 0.892 bits per heavy atom. The van der Waals surface area contributed by atoms with Gasteiger partial charge < -0.3 is 40.4 Å². The minimum atomic E-state index is -1.26. The number of nitrogens with one attached hydrogen (secondary N) is 3. The number of rotatable bonds is 9. The third-order valence-electron chi connectivity index (χ3n) is 6.21. The van der Waals surface area contributed by atoms with Crippen molar-refractivity contribution in [2.24, 2.45) is 0 Å². The molecule has 0 fully saturated rings. The van der Waals surface area contributed by atoms with Crippen LogP contribution in [0.25, 0.3) is 0 Å². The number of hydrogen-bond acceptors (Lipinski definition) is 8. The largest absolute Gasteiger partial charge is 0.491 e. The van der Waals surface area contributed by atoms with E-state index in [1.54, 1.807) is 18.2 Å². The second-order valence-corrected chi connectivity index (χ2v) is 8.80. The van der Waals surface area contributed by atoms with Gasteiger partial charge in [0, 0.05) is 17.7 Å². The number of carbonyl (C=O) groups is 4. The second-order valence-electron chi connectivity index (χ2n) is 8.80. The number of carboxylic acid groups (broad SMARTS) is 1. The SMILES string of the molecule is C[C@H](NC(=O)c1ccc2c(c1)B(O)OC2)[C@H](NC(=O)c1ccc2c(c1)B(O)OC2)C(=O)NCCC(=O)O. The molecule has 0 saturated heterocycles. The Kier molecular flexibility index (Phi) is 7.93. The highest BCUT2D eigenvalue weighted by atomic mass is 16.5. The number of carboxylic acids is 1. The maximum atomic E-state index is 13.0. The van der Waals surface area contributed by atoms with Gasteiger partial charge in [0.1, 0.15) is 6.04 Å². The van der Waals surface area contributed by atoms with Crippen molar-refractivity contribution in [1.29, 1.82) is 0 Å². The Morgan fingerprint density at radius 3 is 1.92 bits per heavy atom. The summed E-state index contributed by atoms with van der Waals surface area (Å²) in [5.41, 5.74) is 2.79. The smallest absolute Gasteiger partial charge is 0.481 e. The fourth-order valence-corrected chi connectivity index (χ4v) is 4.13. The molecule has 2 aromatic rings. The van der Waals surface area contributed by atoms with Gasteiger partial charge in [-0.05, 0) is 53.2 Å². The Balaban J connectivity index is 1.50. The topological polar surface area (TPSA) is 184 Å². The van der Waals surface area contributed by atoms with Crippen molar-refractivity contribution in [1.82, 2.24) is 16.0 Å². The Hall–Kier alpha value is -3.71. The predicted molar refractivity (Wildman–Crippen MR) is 131 cm³/mol. The third kappa shape index (κ3) is 6.00. The van der Waals surface area contributed by atoms with Crippen molar-refractivity contribution >= 4 is 48.9 Å². The lowest BCUT2D eigenvalue weighted by molar-refractivity contribution is -0.137. The number of fused-ring (bicyclic) bond motifs is 2. The van der Waals surface area contributed by atoms with E-state index in [1.165, 1.54) is 25.1 Å². The molecule has 0 bridgehead atoms. The van der Waals surface area contributed by atoms with Crippen LogP contribution in [0.4, 0.5) is 0 Å². The van der Waals surface area contributed by atoms with Gasteiger partial charge in [-0.15, -0.1) is 0 Å². The van der Waals surface area contributed by atoms with Crippen molar-refractivity contribution in [3.8, 4) is 0 Å². The first-order valence-electron chi connectivity index (χ1n) is 11.6. The molecule has 3 amide bonds. The first-order valence-corrected chi connectivity index (χ1v) is 11.6. The minimum absolute atomic E-state index is 0.165. The van der Waals surface area contributed by atoms with Crippen LogP contribution in [0, 0.1) is 0 Å². The number of amides is 3. The van der Waals surface area contributed by atoms with Crippen LogP contribution in [-0.4, -0.2) is 71.7 Å². The lowest BCUT2D eigenvalue weighted by Gasteiger charge is -2.25. The molecule has 0 radical (unpaired) electrons. The van der Waals surface area contributed by atoms with Crippen molar-refractivity contribution < 1.29 is 43.6 Å². The van der Waals surface area contributed by atoms with Gasteiger partial charge in [0.15, 0.2) is 0 Å². The molecule has 0 aromatic heterocycles. The summed E-state index contributed by atoms with van der Waals surface area (Å²) < 4.78 is 10.3. The maximum Gasteiger partial charge on any atom is 0.491 e. The highest BCUT2D eigenvalue weighted by molar-refractivity contribution is 6.62. The van der Waals surface area contributed by atoms with Gasteiger partial charge in [-0.3, -0.25) is 19.2 Å². The Bertz CT molecular complexity index is 1240. The molecule has 0 spiro atoms. The van der Waals surface area contributed by atoms with Gasteiger partial charge in [-0.25, -0.2) is 0 Å². The zero-order valence-corrected chi connectivity index (χ0v) is 19.9. The first-order chi connectivity index (χ1) is 17.6. The van der Waals surface area contributed by atoms with Crippen LogP contribution in [0.3, 0.4) is 0 Å². The molecule has 0 saturated carbocycles. The van der Waals surface area contributed by atoms with Crippen LogP contribution in [-0.2, 0) is 32.1 Å². The van der Waals surface area contributed by atoms with E-state index in [0.717, 1.165) is 11.1 Å². The summed E-state index contributed by atoms with van der Waals surface area (Å²) in [7, 11) is -2.30. The molecule has 4 rings (SSSR count). The van der Waals surface area contributed by atoms with Crippen LogP contribution in [0.5, 0.6) is 0 Å². The van der Waals surface area contributed by atoms with Crippen molar-refractivity contribution in [3.05, 3.63) is 58.7 Å². The van der Waals surface area contributed by atoms with Crippen molar-refractivity contribution in [2.45, 2.75) is 38.6 Å². The van der Waals surface area contributed by atoms with Crippen LogP contribution in [0.2, 0.25) is 0 Å². The van der Waals surface area contributed by atoms with Gasteiger partial charge in [-0.2, -0.15) is 0 Å². The number of hydrogen-bond donors (Lipinski definition) is 6. The summed E-state index contributed by atoms with van der Waals surface area (Å²) in [5.74, 6) is -2.99. The average Bonchev–Trinajstić information content (AvgIpc) is 3.43. The lowest BCUT2D eigenvalue weighted by atomic mass is 9.78.